The van der Waals surface area contributed by atoms with Gasteiger partial charge in [-0.1, -0.05) is 30.4 Å². The molecule has 2 atom stereocenters. The Hall–Kier alpha value is -2.15. The summed E-state index contributed by atoms with van der Waals surface area (Å²) < 4.78 is 0. The molecule has 0 saturated carbocycles. The van der Waals surface area contributed by atoms with Crippen LogP contribution in [0, 0.1) is 5.92 Å². The summed E-state index contributed by atoms with van der Waals surface area (Å²) in [7, 11) is 0. The van der Waals surface area contributed by atoms with Crippen LogP contribution in [0.2, 0.25) is 0 Å². The van der Waals surface area contributed by atoms with Gasteiger partial charge in [-0.05, 0) is 48.9 Å². The third-order valence-corrected chi connectivity index (χ3v) is 5.07. The molecule has 1 aromatic heterocycles. The Morgan fingerprint density at radius 1 is 1.21 bits per heavy atom. The number of hydrogen-bond donors (Lipinski definition) is 2. The van der Waals surface area contributed by atoms with Crippen molar-refractivity contribution in [2.45, 2.75) is 31.7 Å². The van der Waals surface area contributed by atoms with Gasteiger partial charge in [0.15, 0.2) is 0 Å². The van der Waals surface area contributed by atoms with Gasteiger partial charge < -0.3 is 16.5 Å². The smallest absolute Gasteiger partial charge is 1.00 e. The van der Waals surface area contributed by atoms with E-state index in [2.05, 4.69) is 4.98 Å². The molecular weight excluding hydrogens is 379 g/mol. The molecule has 29 heavy (non-hydrogen) atoms. The predicted molar refractivity (Wildman–Crippen MR) is 106 cm³/mol. The molecule has 1 aliphatic heterocycles. The second-order valence-corrected chi connectivity index (χ2v) is 6.94. The Labute approximate surface area is 194 Å². The van der Waals surface area contributed by atoms with Crippen molar-refractivity contribution >= 4 is 11.9 Å². The van der Waals surface area contributed by atoms with E-state index in [9.17, 15) is 14.7 Å². The number of phenols is 1. The van der Waals surface area contributed by atoms with Gasteiger partial charge in [-0.3, -0.25) is 14.6 Å². The van der Waals surface area contributed by atoms with Crippen molar-refractivity contribution in [3.05, 3.63) is 72.1 Å². The van der Waals surface area contributed by atoms with Crippen molar-refractivity contribution in [1.82, 2.24) is 9.88 Å². The Kier molecular flexibility index (Phi) is 8.89. The molecule has 148 valence electrons. The number of benzene rings is 1. The number of amides is 1. The van der Waals surface area contributed by atoms with Gasteiger partial charge in [-0.2, -0.15) is 0 Å². The number of hydrogen-bond acceptors (Lipinski definition) is 4. The number of para-hydroxylation sites is 1. The molecule has 1 aliphatic rings. The predicted octanol–water partition coefficient (Wildman–Crippen LogP) is 0.918. The van der Waals surface area contributed by atoms with Gasteiger partial charge >= 0.3 is 35.5 Å². The fraction of sp³-hybridized carbons (Fsp3) is 0.318. The molecule has 1 saturated heterocycles. The van der Waals surface area contributed by atoms with E-state index in [1.165, 1.54) is 6.07 Å². The van der Waals surface area contributed by atoms with E-state index in [4.69, 9.17) is 5.11 Å². The third kappa shape index (κ3) is 5.92. The fourth-order valence-corrected chi connectivity index (χ4v) is 3.74. The zero-order valence-electron chi connectivity index (χ0n) is 17.6. The maximum atomic E-state index is 13.1. The van der Waals surface area contributed by atoms with Crippen molar-refractivity contribution in [1.29, 1.82) is 0 Å². The number of carboxylic acid groups (broad SMARTS) is 1. The van der Waals surface area contributed by atoms with Crippen LogP contribution < -0.4 is 29.6 Å². The molecule has 0 aliphatic carbocycles. The van der Waals surface area contributed by atoms with Gasteiger partial charge in [-0.25, -0.2) is 0 Å². The number of carboxylic acids is 1. The third-order valence-electron chi connectivity index (χ3n) is 5.07. The van der Waals surface area contributed by atoms with Gasteiger partial charge in [0.25, 0.3) is 5.91 Å². The molecule has 7 heteroatoms. The number of aromatic nitrogens is 1. The van der Waals surface area contributed by atoms with Crippen molar-refractivity contribution in [3.8, 4) is 5.75 Å². The fourth-order valence-electron chi connectivity index (χ4n) is 3.74. The van der Waals surface area contributed by atoms with E-state index >= 15 is 0 Å². The van der Waals surface area contributed by atoms with Crippen molar-refractivity contribution in [3.63, 3.8) is 0 Å². The number of aromatic hydroxyl groups is 1. The van der Waals surface area contributed by atoms with Gasteiger partial charge in [-0.15, -0.1) is 0 Å². The standard InChI is InChI=1S/C22H24N2O4.Na.H/c25-19-10-5-4-9-18(19)22(28)24-14-12-16(7-2-1-3-11-20(26)27)21(24)17-8-6-13-23-15-17;;/h1-2,4-6,8-10,13,15-16,21,25H,3,7,11-12,14H2,(H,26,27);;/q;+1;-1/b2-1-;;. The Bertz CT molecular complexity index is 863. The number of nitrogens with zero attached hydrogens (tertiary/aromatic N) is 2. The number of likely N-dealkylation sites (tertiary alicyclic amines) is 1. The first-order valence-electron chi connectivity index (χ1n) is 9.43. The maximum Gasteiger partial charge on any atom is 1.00 e. The second-order valence-electron chi connectivity index (χ2n) is 6.94. The largest absolute Gasteiger partial charge is 1.00 e. The Morgan fingerprint density at radius 2 is 2.00 bits per heavy atom. The van der Waals surface area contributed by atoms with Crippen LogP contribution in [-0.2, 0) is 4.79 Å². The normalized spacial score (nSPS) is 18.6. The number of pyridine rings is 1. The van der Waals surface area contributed by atoms with Gasteiger partial charge in [0, 0.05) is 25.4 Å². The minimum absolute atomic E-state index is 0. The van der Waals surface area contributed by atoms with Crippen molar-refractivity contribution in [2.75, 3.05) is 6.54 Å². The van der Waals surface area contributed by atoms with E-state index in [0.29, 0.717) is 18.5 Å². The van der Waals surface area contributed by atoms with Crippen LogP contribution in [0.5, 0.6) is 5.75 Å². The number of aliphatic carboxylic acids is 1. The quantitative estimate of drug-likeness (QED) is 0.529. The van der Waals surface area contributed by atoms with Crippen LogP contribution in [0.3, 0.4) is 0 Å². The molecule has 2 N–H and O–H groups in total. The molecular formula is C22H25N2NaO4. The average molecular weight is 404 g/mol. The summed E-state index contributed by atoms with van der Waals surface area (Å²) >= 11 is 0. The number of carbonyl (C=O) groups is 2. The maximum absolute atomic E-state index is 13.1. The van der Waals surface area contributed by atoms with Crippen LogP contribution in [-0.4, -0.2) is 38.5 Å². The van der Waals surface area contributed by atoms with E-state index in [1.54, 1.807) is 30.6 Å². The van der Waals surface area contributed by atoms with Crippen LogP contribution in [0.25, 0.3) is 0 Å². The molecule has 1 amide bonds. The number of rotatable bonds is 7. The molecule has 2 heterocycles. The molecule has 3 rings (SSSR count). The summed E-state index contributed by atoms with van der Waals surface area (Å²) in [6, 6.07) is 10.3. The van der Waals surface area contributed by atoms with E-state index in [1.807, 2.05) is 29.2 Å². The molecule has 1 fully saturated rings. The topological polar surface area (TPSA) is 90.7 Å². The minimum Gasteiger partial charge on any atom is -1.00 e. The number of carbonyl (C=O) groups excluding carboxylic acids is 1. The minimum atomic E-state index is -0.807. The molecule has 0 radical (unpaired) electrons. The van der Waals surface area contributed by atoms with Crippen molar-refractivity contribution < 1.29 is 50.8 Å². The zero-order valence-corrected chi connectivity index (χ0v) is 18.6. The summed E-state index contributed by atoms with van der Waals surface area (Å²) in [5, 5.41) is 18.8. The molecule has 0 bridgehead atoms. The van der Waals surface area contributed by atoms with E-state index in [-0.39, 0.29) is 61.0 Å². The van der Waals surface area contributed by atoms with Crippen LogP contribution in [0.1, 0.15) is 49.1 Å². The van der Waals surface area contributed by atoms with Crippen LogP contribution >= 0.6 is 0 Å². The summed E-state index contributed by atoms with van der Waals surface area (Å²) in [5.41, 5.74) is 1.27. The second kappa shape index (κ2) is 11.1. The first-order chi connectivity index (χ1) is 13.6. The summed E-state index contributed by atoms with van der Waals surface area (Å²) in [5.74, 6) is -0.808. The summed E-state index contributed by atoms with van der Waals surface area (Å²) in [6.07, 6.45) is 9.58. The number of phenolic OH excluding ortho intramolecular Hbond substituents is 1. The summed E-state index contributed by atoms with van der Waals surface area (Å²) in [6.45, 7) is 0.598. The van der Waals surface area contributed by atoms with Gasteiger partial charge in [0.05, 0.1) is 11.6 Å². The average Bonchev–Trinajstić information content (AvgIpc) is 3.12. The van der Waals surface area contributed by atoms with Crippen molar-refractivity contribution in [2.24, 2.45) is 5.92 Å². The SMILES string of the molecule is O=C(O)CC/C=C\CC1CCN(C(=O)c2ccccc2O)C1c1cccnc1.[H-].[Na+]. The Balaban J connectivity index is 0.00000225. The van der Waals surface area contributed by atoms with E-state index in [0.717, 1.165) is 18.4 Å². The van der Waals surface area contributed by atoms with Crippen LogP contribution in [0.15, 0.2) is 60.9 Å². The van der Waals surface area contributed by atoms with Gasteiger partial charge in [0.2, 0.25) is 0 Å². The summed E-state index contributed by atoms with van der Waals surface area (Å²) in [4.78, 5) is 29.8. The van der Waals surface area contributed by atoms with E-state index < -0.39 is 5.97 Å². The Morgan fingerprint density at radius 3 is 2.69 bits per heavy atom. The molecule has 2 aromatic rings. The first kappa shape index (κ1) is 23.1. The first-order valence-corrected chi connectivity index (χ1v) is 9.43. The molecule has 2 unspecified atom stereocenters. The zero-order chi connectivity index (χ0) is 19.9. The van der Waals surface area contributed by atoms with Gasteiger partial charge in [0.1, 0.15) is 5.75 Å². The molecule has 0 spiro atoms. The molecule has 1 aromatic carbocycles. The number of allylic oxidation sites excluding steroid dienone is 2. The monoisotopic (exact) mass is 404 g/mol. The molecule has 6 nitrogen and oxygen atoms in total. The van der Waals surface area contributed by atoms with Crippen LogP contribution in [0.4, 0.5) is 0 Å².